The lowest BCUT2D eigenvalue weighted by Gasteiger charge is -2.26. The Labute approximate surface area is 138 Å². The summed E-state index contributed by atoms with van der Waals surface area (Å²) in [5.74, 6) is 0.591. The Bertz CT molecular complexity index is 580. The molecule has 1 aliphatic rings. The van der Waals surface area contributed by atoms with Crippen LogP contribution >= 0.6 is 11.8 Å². The number of nitrogens with zero attached hydrogens (tertiary/aromatic N) is 1. The molecule has 0 aliphatic carbocycles. The molecule has 1 aliphatic heterocycles. The van der Waals surface area contributed by atoms with E-state index in [1.165, 1.54) is 32.4 Å². The van der Waals surface area contributed by atoms with Crippen molar-refractivity contribution >= 4 is 35.4 Å². The molecule has 23 heavy (non-hydrogen) atoms. The predicted octanol–water partition coefficient (Wildman–Crippen LogP) is 1.84. The summed E-state index contributed by atoms with van der Waals surface area (Å²) in [6.45, 7) is 1.33. The Kier molecular flexibility index (Phi) is 5.86. The third-order valence-electron chi connectivity index (χ3n) is 3.32. The van der Waals surface area contributed by atoms with Crippen LogP contribution in [-0.2, 0) is 9.47 Å². The maximum atomic E-state index is 12.2. The monoisotopic (exact) mass is 338 g/mol. The van der Waals surface area contributed by atoms with E-state index in [1.54, 1.807) is 16.7 Å². The van der Waals surface area contributed by atoms with E-state index in [1.807, 2.05) is 0 Å². The third-order valence-corrected chi connectivity index (χ3v) is 4.27. The molecule has 0 aromatic heterocycles. The van der Waals surface area contributed by atoms with E-state index in [4.69, 9.17) is 0 Å². The second kappa shape index (κ2) is 7.87. The third kappa shape index (κ3) is 4.38. The number of carbonyl (C=O) groups is 3. The van der Waals surface area contributed by atoms with E-state index in [2.05, 4.69) is 14.8 Å². The van der Waals surface area contributed by atoms with Crippen molar-refractivity contribution in [2.45, 2.75) is 0 Å². The number of rotatable bonds is 3. The van der Waals surface area contributed by atoms with Gasteiger partial charge in [-0.3, -0.25) is 0 Å². The van der Waals surface area contributed by atoms with Crippen LogP contribution in [0.15, 0.2) is 18.2 Å². The second-order valence-corrected chi connectivity index (χ2v) is 6.04. The van der Waals surface area contributed by atoms with Crippen LogP contribution in [0.3, 0.4) is 0 Å². The lowest BCUT2D eigenvalue weighted by molar-refractivity contribution is 0.0599. The maximum Gasteiger partial charge on any atom is 0.337 e. The summed E-state index contributed by atoms with van der Waals surface area (Å²) in [7, 11) is 2.49. The molecule has 2 rings (SSSR count). The molecule has 0 bridgehead atoms. The molecule has 0 spiro atoms. The van der Waals surface area contributed by atoms with Gasteiger partial charge in [-0.1, -0.05) is 0 Å². The van der Waals surface area contributed by atoms with Crippen molar-refractivity contribution in [2.75, 3.05) is 44.1 Å². The number of hydrogen-bond acceptors (Lipinski definition) is 6. The Morgan fingerprint density at radius 2 is 1.52 bits per heavy atom. The van der Waals surface area contributed by atoms with Gasteiger partial charge in [-0.25, -0.2) is 14.4 Å². The average Bonchev–Trinajstić information content (AvgIpc) is 2.60. The highest BCUT2D eigenvalue weighted by Gasteiger charge is 2.19. The molecule has 0 unspecified atom stereocenters. The first kappa shape index (κ1) is 17.1. The average molecular weight is 338 g/mol. The van der Waals surface area contributed by atoms with E-state index in [0.717, 1.165) is 11.5 Å². The van der Waals surface area contributed by atoms with Crippen LogP contribution in [0.1, 0.15) is 20.7 Å². The number of amides is 2. The molecule has 1 N–H and O–H groups in total. The van der Waals surface area contributed by atoms with Gasteiger partial charge in [0.1, 0.15) is 0 Å². The molecule has 1 heterocycles. The topological polar surface area (TPSA) is 84.9 Å². The fourth-order valence-electron chi connectivity index (χ4n) is 2.14. The molecule has 8 heteroatoms. The number of anilines is 1. The van der Waals surface area contributed by atoms with Crippen LogP contribution in [0.2, 0.25) is 0 Å². The molecule has 1 saturated heterocycles. The number of urea groups is 1. The molecular formula is C15H18N2O5S. The fourth-order valence-corrected chi connectivity index (χ4v) is 3.04. The molecule has 0 radical (unpaired) electrons. The van der Waals surface area contributed by atoms with Crippen LogP contribution in [-0.4, -0.2) is 61.7 Å². The number of benzene rings is 1. The van der Waals surface area contributed by atoms with Gasteiger partial charge in [-0.15, -0.1) is 0 Å². The minimum Gasteiger partial charge on any atom is -0.465 e. The van der Waals surface area contributed by atoms with Crippen molar-refractivity contribution < 1.29 is 23.9 Å². The Morgan fingerprint density at radius 1 is 1.00 bits per heavy atom. The Morgan fingerprint density at radius 3 is 2.00 bits per heavy atom. The number of esters is 2. The van der Waals surface area contributed by atoms with Crippen molar-refractivity contribution in [1.82, 2.24) is 4.90 Å². The lowest BCUT2D eigenvalue weighted by atomic mass is 10.1. The molecule has 0 atom stereocenters. The molecule has 124 valence electrons. The standard InChI is InChI=1S/C15H18N2O5S/c1-21-13(18)10-7-11(14(19)22-2)9-12(8-10)16-15(20)17-3-5-23-6-4-17/h7-9H,3-6H2,1-2H3,(H,16,20). The van der Waals surface area contributed by atoms with Crippen LogP contribution in [0.5, 0.6) is 0 Å². The van der Waals surface area contributed by atoms with Gasteiger partial charge in [0, 0.05) is 30.3 Å². The minimum absolute atomic E-state index is 0.167. The minimum atomic E-state index is -0.597. The van der Waals surface area contributed by atoms with Crippen LogP contribution in [0.4, 0.5) is 10.5 Å². The van der Waals surface area contributed by atoms with Gasteiger partial charge >= 0.3 is 18.0 Å². The van der Waals surface area contributed by atoms with Gasteiger partial charge < -0.3 is 19.7 Å². The summed E-state index contributed by atoms with van der Waals surface area (Å²) < 4.78 is 9.33. The van der Waals surface area contributed by atoms with Crippen molar-refractivity contribution in [3.8, 4) is 0 Å². The zero-order valence-electron chi connectivity index (χ0n) is 13.0. The van der Waals surface area contributed by atoms with Crippen molar-refractivity contribution in [1.29, 1.82) is 0 Å². The predicted molar refractivity (Wildman–Crippen MR) is 87.0 cm³/mol. The van der Waals surface area contributed by atoms with Crippen LogP contribution in [0.25, 0.3) is 0 Å². The van der Waals surface area contributed by atoms with E-state index >= 15 is 0 Å². The fraction of sp³-hybridized carbons (Fsp3) is 0.400. The number of carbonyl (C=O) groups excluding carboxylic acids is 3. The molecule has 7 nitrogen and oxygen atoms in total. The van der Waals surface area contributed by atoms with E-state index in [0.29, 0.717) is 18.8 Å². The van der Waals surface area contributed by atoms with Gasteiger partial charge in [0.05, 0.1) is 25.3 Å². The smallest absolute Gasteiger partial charge is 0.337 e. The van der Waals surface area contributed by atoms with Crippen LogP contribution < -0.4 is 5.32 Å². The summed E-state index contributed by atoms with van der Waals surface area (Å²) in [6.07, 6.45) is 0. The molecule has 1 fully saturated rings. The number of methoxy groups -OCH3 is 2. The Hall–Kier alpha value is -2.22. The molecular weight excluding hydrogens is 320 g/mol. The van der Waals surface area contributed by atoms with Crippen molar-refractivity contribution in [3.63, 3.8) is 0 Å². The van der Waals surface area contributed by atoms with Gasteiger partial charge in [0.15, 0.2) is 0 Å². The number of nitrogens with one attached hydrogen (secondary N) is 1. The molecule has 0 saturated carbocycles. The van der Waals surface area contributed by atoms with Gasteiger partial charge in [0.2, 0.25) is 0 Å². The van der Waals surface area contributed by atoms with Crippen LogP contribution in [0, 0.1) is 0 Å². The highest BCUT2D eigenvalue weighted by molar-refractivity contribution is 7.99. The largest absolute Gasteiger partial charge is 0.465 e. The molecule has 1 aromatic carbocycles. The SMILES string of the molecule is COC(=O)c1cc(NC(=O)N2CCSCC2)cc(C(=O)OC)c1. The first-order valence-electron chi connectivity index (χ1n) is 7.00. The summed E-state index contributed by atoms with van der Waals surface area (Å²) in [5, 5.41) is 2.71. The van der Waals surface area contributed by atoms with E-state index < -0.39 is 11.9 Å². The van der Waals surface area contributed by atoms with E-state index in [9.17, 15) is 14.4 Å². The lowest BCUT2D eigenvalue weighted by Crippen LogP contribution is -2.40. The number of hydrogen-bond donors (Lipinski definition) is 1. The normalized spacial score (nSPS) is 14.1. The summed E-state index contributed by atoms with van der Waals surface area (Å²) in [6, 6.07) is 4.04. The zero-order chi connectivity index (χ0) is 16.8. The van der Waals surface area contributed by atoms with Crippen molar-refractivity contribution in [3.05, 3.63) is 29.3 Å². The highest BCUT2D eigenvalue weighted by Crippen LogP contribution is 2.18. The van der Waals surface area contributed by atoms with Gasteiger partial charge in [0.25, 0.3) is 0 Å². The number of thioether (sulfide) groups is 1. The quantitative estimate of drug-likeness (QED) is 0.847. The summed E-state index contributed by atoms with van der Waals surface area (Å²) in [4.78, 5) is 37.4. The zero-order valence-corrected chi connectivity index (χ0v) is 13.8. The summed E-state index contributed by atoms with van der Waals surface area (Å²) >= 11 is 1.80. The van der Waals surface area contributed by atoms with Gasteiger partial charge in [-0.2, -0.15) is 11.8 Å². The number of ether oxygens (including phenoxy) is 2. The maximum absolute atomic E-state index is 12.2. The van der Waals surface area contributed by atoms with E-state index in [-0.39, 0.29) is 17.2 Å². The Balaban J connectivity index is 2.23. The van der Waals surface area contributed by atoms with Crippen molar-refractivity contribution in [2.24, 2.45) is 0 Å². The first-order chi connectivity index (χ1) is 11.0. The second-order valence-electron chi connectivity index (χ2n) is 4.81. The van der Waals surface area contributed by atoms with Gasteiger partial charge in [-0.05, 0) is 18.2 Å². The molecule has 2 amide bonds. The highest BCUT2D eigenvalue weighted by atomic mass is 32.2. The molecule has 1 aromatic rings. The first-order valence-corrected chi connectivity index (χ1v) is 8.16. The summed E-state index contributed by atoms with van der Waals surface area (Å²) in [5.41, 5.74) is 0.677.